The van der Waals surface area contributed by atoms with Crippen molar-refractivity contribution in [2.75, 3.05) is 43.1 Å². The molecule has 2 saturated heterocycles. The summed E-state index contributed by atoms with van der Waals surface area (Å²) >= 11 is 0. The first kappa shape index (κ1) is 19.0. The van der Waals surface area contributed by atoms with Crippen LogP contribution in [0.2, 0.25) is 0 Å². The van der Waals surface area contributed by atoms with E-state index in [1.165, 1.54) is 16.4 Å². The molecule has 0 radical (unpaired) electrons. The minimum Gasteiger partial charge on any atom is -0.379 e. The number of nitro groups is 1. The fourth-order valence-electron chi connectivity index (χ4n) is 3.01. The first-order valence-electron chi connectivity index (χ1n) is 8.02. The van der Waals surface area contributed by atoms with Crippen molar-refractivity contribution in [3.8, 4) is 0 Å². The van der Waals surface area contributed by atoms with Crippen molar-refractivity contribution in [3.05, 3.63) is 28.3 Å². The SMILES string of the molecule is O=[N+]([O-])c1cc(S(=O)(=O)N2CCOCC2)ccc1NC1CCS(=O)(=O)C1. The Morgan fingerprint density at radius 2 is 1.96 bits per heavy atom. The Morgan fingerprint density at radius 3 is 2.54 bits per heavy atom. The van der Waals surface area contributed by atoms with Crippen LogP contribution in [0.3, 0.4) is 0 Å². The van der Waals surface area contributed by atoms with Crippen LogP contribution in [-0.2, 0) is 24.6 Å². The third-order valence-electron chi connectivity index (χ3n) is 4.37. The van der Waals surface area contributed by atoms with E-state index >= 15 is 0 Å². The summed E-state index contributed by atoms with van der Waals surface area (Å²) in [5.74, 6) is -0.0695. The number of nitrogens with one attached hydrogen (secondary N) is 1. The van der Waals surface area contributed by atoms with E-state index in [1.807, 2.05) is 0 Å². The monoisotopic (exact) mass is 405 g/mol. The summed E-state index contributed by atoms with van der Waals surface area (Å²) in [5, 5.41) is 14.3. The zero-order valence-electron chi connectivity index (χ0n) is 13.8. The number of morpholine rings is 1. The molecular weight excluding hydrogens is 386 g/mol. The second-order valence-electron chi connectivity index (χ2n) is 6.20. The summed E-state index contributed by atoms with van der Waals surface area (Å²) in [4.78, 5) is 10.6. The Bertz CT molecular complexity index is 908. The molecule has 0 aromatic heterocycles. The number of hydrogen-bond donors (Lipinski definition) is 1. The van der Waals surface area contributed by atoms with Gasteiger partial charge in [-0.3, -0.25) is 10.1 Å². The second-order valence-corrected chi connectivity index (χ2v) is 10.4. The molecule has 1 aromatic carbocycles. The number of ether oxygens (including phenoxy) is 1. The highest BCUT2D eigenvalue weighted by molar-refractivity contribution is 7.91. The van der Waals surface area contributed by atoms with Gasteiger partial charge in [0.15, 0.2) is 9.84 Å². The lowest BCUT2D eigenvalue weighted by Crippen LogP contribution is -2.40. The zero-order valence-corrected chi connectivity index (χ0v) is 15.5. The lowest BCUT2D eigenvalue weighted by Gasteiger charge is -2.26. The van der Waals surface area contributed by atoms with Crippen LogP contribution in [0.15, 0.2) is 23.1 Å². The number of sulfonamides is 1. The molecule has 2 fully saturated rings. The molecule has 144 valence electrons. The maximum Gasteiger partial charge on any atom is 0.293 e. The van der Waals surface area contributed by atoms with Gasteiger partial charge in [0, 0.05) is 25.2 Å². The molecule has 2 aliphatic rings. The van der Waals surface area contributed by atoms with E-state index in [1.54, 1.807) is 0 Å². The van der Waals surface area contributed by atoms with Crippen molar-refractivity contribution in [2.24, 2.45) is 0 Å². The molecule has 1 atom stereocenters. The summed E-state index contributed by atoms with van der Waals surface area (Å²) < 4.78 is 54.7. The highest BCUT2D eigenvalue weighted by Crippen LogP contribution is 2.31. The third-order valence-corrected chi connectivity index (χ3v) is 8.03. The van der Waals surface area contributed by atoms with Crippen LogP contribution < -0.4 is 5.32 Å². The van der Waals surface area contributed by atoms with Gasteiger partial charge in [-0.05, 0) is 18.6 Å². The van der Waals surface area contributed by atoms with Crippen molar-refractivity contribution < 1.29 is 26.5 Å². The maximum absolute atomic E-state index is 12.7. The standard InChI is InChI=1S/C14H19N3O7S2/c18-17(19)14-9-12(26(22,23)16-4-6-24-7-5-16)1-2-13(14)15-11-3-8-25(20,21)10-11/h1-2,9,11,15H,3-8,10H2. The first-order chi connectivity index (χ1) is 12.2. The summed E-state index contributed by atoms with van der Waals surface area (Å²) in [6, 6.07) is 3.19. The van der Waals surface area contributed by atoms with Crippen LogP contribution in [0.4, 0.5) is 11.4 Å². The minimum absolute atomic E-state index is 0.0297. The van der Waals surface area contributed by atoms with Gasteiger partial charge in [0.25, 0.3) is 5.69 Å². The van der Waals surface area contributed by atoms with Gasteiger partial charge in [-0.2, -0.15) is 4.31 Å². The molecule has 1 N–H and O–H groups in total. The van der Waals surface area contributed by atoms with Crippen LogP contribution in [0.25, 0.3) is 0 Å². The number of sulfone groups is 1. The summed E-state index contributed by atoms with van der Waals surface area (Å²) in [6.07, 6.45) is 0.354. The largest absolute Gasteiger partial charge is 0.379 e. The molecule has 12 heteroatoms. The van der Waals surface area contributed by atoms with E-state index in [2.05, 4.69) is 5.32 Å². The van der Waals surface area contributed by atoms with Gasteiger partial charge in [-0.1, -0.05) is 0 Å². The predicted octanol–water partition coefficient (Wildman–Crippen LogP) is 0.215. The van der Waals surface area contributed by atoms with Crippen LogP contribution in [0.5, 0.6) is 0 Å². The maximum atomic E-state index is 12.7. The van der Waals surface area contributed by atoms with Crippen LogP contribution in [-0.4, -0.2) is 69.9 Å². The summed E-state index contributed by atoms with van der Waals surface area (Å²) in [6.45, 7) is 0.931. The van der Waals surface area contributed by atoms with Gasteiger partial charge in [0.05, 0.1) is 34.5 Å². The molecule has 3 rings (SSSR count). The molecular formula is C14H19N3O7S2. The van der Waals surface area contributed by atoms with E-state index < -0.39 is 36.5 Å². The number of nitro benzene ring substituents is 1. The average Bonchev–Trinajstić information content (AvgIpc) is 2.94. The Balaban J connectivity index is 1.88. The topological polar surface area (TPSA) is 136 Å². The average molecular weight is 405 g/mol. The molecule has 2 heterocycles. The Kier molecular flexibility index (Phi) is 5.19. The minimum atomic E-state index is -3.86. The van der Waals surface area contributed by atoms with Gasteiger partial charge in [0.2, 0.25) is 10.0 Å². The molecule has 1 unspecified atom stereocenters. The fraction of sp³-hybridized carbons (Fsp3) is 0.571. The quantitative estimate of drug-likeness (QED) is 0.542. The van der Waals surface area contributed by atoms with Gasteiger partial charge in [-0.15, -0.1) is 0 Å². The van der Waals surface area contributed by atoms with Crippen molar-refractivity contribution >= 4 is 31.2 Å². The van der Waals surface area contributed by atoms with E-state index in [0.29, 0.717) is 6.42 Å². The normalized spacial score (nSPS) is 23.6. The Hall–Kier alpha value is -1.76. The first-order valence-corrected chi connectivity index (χ1v) is 11.3. The van der Waals surface area contributed by atoms with Gasteiger partial charge in [0.1, 0.15) is 5.69 Å². The summed E-state index contributed by atoms with van der Waals surface area (Å²) in [7, 11) is -7.00. The van der Waals surface area contributed by atoms with Crippen LogP contribution in [0.1, 0.15) is 6.42 Å². The lowest BCUT2D eigenvalue weighted by atomic mass is 10.2. The van der Waals surface area contributed by atoms with E-state index in [9.17, 15) is 26.9 Å². The second kappa shape index (κ2) is 7.10. The predicted molar refractivity (Wildman–Crippen MR) is 93.4 cm³/mol. The van der Waals surface area contributed by atoms with Crippen molar-refractivity contribution in [1.29, 1.82) is 0 Å². The number of nitrogens with zero attached hydrogens (tertiary/aromatic N) is 2. The highest BCUT2D eigenvalue weighted by Gasteiger charge is 2.31. The van der Waals surface area contributed by atoms with Gasteiger partial charge in [-0.25, -0.2) is 16.8 Å². The number of rotatable bonds is 5. The molecule has 0 spiro atoms. The molecule has 2 aliphatic heterocycles. The van der Waals surface area contributed by atoms with Crippen LogP contribution >= 0.6 is 0 Å². The smallest absolute Gasteiger partial charge is 0.293 e. The molecule has 0 aliphatic carbocycles. The molecule has 26 heavy (non-hydrogen) atoms. The third kappa shape index (κ3) is 3.98. The zero-order chi connectivity index (χ0) is 18.9. The molecule has 0 amide bonds. The van der Waals surface area contributed by atoms with E-state index in [4.69, 9.17) is 4.74 Å². The van der Waals surface area contributed by atoms with Crippen molar-refractivity contribution in [1.82, 2.24) is 4.31 Å². The van der Waals surface area contributed by atoms with E-state index in [0.717, 1.165) is 6.07 Å². The Labute approximate surface area is 151 Å². The number of anilines is 1. The Morgan fingerprint density at radius 1 is 1.27 bits per heavy atom. The lowest BCUT2D eigenvalue weighted by molar-refractivity contribution is -0.384. The highest BCUT2D eigenvalue weighted by atomic mass is 32.2. The van der Waals surface area contributed by atoms with E-state index in [-0.39, 0.29) is 48.4 Å². The fourth-order valence-corrected chi connectivity index (χ4v) is 6.11. The number of benzene rings is 1. The molecule has 10 nitrogen and oxygen atoms in total. The van der Waals surface area contributed by atoms with Gasteiger partial charge < -0.3 is 10.1 Å². The molecule has 0 bridgehead atoms. The molecule has 1 aromatic rings. The number of hydrogen-bond acceptors (Lipinski definition) is 8. The summed E-state index contributed by atoms with van der Waals surface area (Å²) in [5.41, 5.74) is -0.290. The molecule has 0 saturated carbocycles. The van der Waals surface area contributed by atoms with Crippen molar-refractivity contribution in [3.63, 3.8) is 0 Å². The van der Waals surface area contributed by atoms with Crippen molar-refractivity contribution in [2.45, 2.75) is 17.4 Å². The van der Waals surface area contributed by atoms with Gasteiger partial charge >= 0.3 is 0 Å². The van der Waals surface area contributed by atoms with Crippen LogP contribution in [0, 0.1) is 10.1 Å².